The van der Waals surface area contributed by atoms with Crippen LogP contribution in [0.2, 0.25) is 0 Å². The molecule has 4 heteroatoms. The van der Waals surface area contributed by atoms with E-state index in [0.29, 0.717) is 12.3 Å². The summed E-state index contributed by atoms with van der Waals surface area (Å²) in [6.07, 6.45) is 6.20. The van der Waals surface area contributed by atoms with Gasteiger partial charge in [0.1, 0.15) is 0 Å². The predicted molar refractivity (Wildman–Crippen MR) is 71.4 cm³/mol. The Labute approximate surface area is 110 Å². The molecule has 4 nitrogen and oxygen atoms in total. The van der Waals surface area contributed by atoms with Crippen molar-refractivity contribution in [2.75, 3.05) is 33.8 Å². The van der Waals surface area contributed by atoms with Crippen molar-refractivity contribution in [3.05, 3.63) is 0 Å². The molecule has 1 saturated heterocycles. The smallest absolute Gasteiger partial charge is 0.222 e. The number of hydrogen-bond donors (Lipinski definition) is 1. The Morgan fingerprint density at radius 1 is 1.39 bits per heavy atom. The lowest BCUT2D eigenvalue weighted by Crippen LogP contribution is -2.45. The number of hydrogen-bond acceptors (Lipinski definition) is 3. The fourth-order valence-electron chi connectivity index (χ4n) is 2.90. The minimum absolute atomic E-state index is 0.142. The molecule has 1 aliphatic heterocycles. The van der Waals surface area contributed by atoms with Crippen molar-refractivity contribution >= 4 is 5.91 Å². The second-order valence-electron chi connectivity index (χ2n) is 5.97. The third kappa shape index (κ3) is 3.45. The maximum absolute atomic E-state index is 11.9. The van der Waals surface area contributed by atoms with Crippen LogP contribution in [0.4, 0.5) is 0 Å². The number of carbonyl (C=O) groups is 1. The van der Waals surface area contributed by atoms with Crippen molar-refractivity contribution in [3.8, 4) is 0 Å². The summed E-state index contributed by atoms with van der Waals surface area (Å²) in [7, 11) is 3.89. The van der Waals surface area contributed by atoms with E-state index in [0.717, 1.165) is 32.5 Å². The van der Waals surface area contributed by atoms with Gasteiger partial charge in [0, 0.05) is 13.7 Å². The molecule has 0 aromatic rings. The lowest BCUT2D eigenvalue weighted by Gasteiger charge is -2.40. The van der Waals surface area contributed by atoms with E-state index in [1.165, 1.54) is 19.3 Å². The van der Waals surface area contributed by atoms with Crippen LogP contribution < -0.4 is 5.32 Å². The highest BCUT2D eigenvalue weighted by molar-refractivity contribution is 5.77. The molecule has 2 aliphatic rings. The maximum atomic E-state index is 11.9. The van der Waals surface area contributed by atoms with E-state index in [9.17, 15) is 4.79 Å². The van der Waals surface area contributed by atoms with Gasteiger partial charge in [-0.25, -0.2) is 0 Å². The van der Waals surface area contributed by atoms with Crippen LogP contribution in [0.5, 0.6) is 0 Å². The highest BCUT2D eigenvalue weighted by Crippen LogP contribution is 2.37. The molecule has 0 radical (unpaired) electrons. The number of likely N-dealkylation sites (tertiary alicyclic amines) is 1. The number of methoxy groups -OCH3 is 1. The van der Waals surface area contributed by atoms with Crippen LogP contribution in [0.25, 0.3) is 0 Å². The molecule has 104 valence electrons. The summed E-state index contributed by atoms with van der Waals surface area (Å²) in [6, 6.07) is 0. The first-order chi connectivity index (χ1) is 8.63. The van der Waals surface area contributed by atoms with E-state index >= 15 is 0 Å². The second kappa shape index (κ2) is 6.02. The molecule has 1 N–H and O–H groups in total. The Bertz CT molecular complexity index is 276. The van der Waals surface area contributed by atoms with Crippen LogP contribution in [-0.2, 0) is 9.53 Å². The molecule has 0 aromatic carbocycles. The SMILES string of the molecule is COC1(CC(=O)NCC2CCN(C)CC2)CCC1. The third-order valence-electron chi connectivity index (χ3n) is 4.61. The highest BCUT2D eigenvalue weighted by Gasteiger charge is 2.38. The van der Waals surface area contributed by atoms with Gasteiger partial charge >= 0.3 is 0 Å². The van der Waals surface area contributed by atoms with Crippen LogP contribution >= 0.6 is 0 Å². The molecular weight excluding hydrogens is 228 g/mol. The Morgan fingerprint density at radius 2 is 2.06 bits per heavy atom. The number of nitrogens with one attached hydrogen (secondary N) is 1. The second-order valence-corrected chi connectivity index (χ2v) is 5.97. The van der Waals surface area contributed by atoms with E-state index in [1.54, 1.807) is 7.11 Å². The van der Waals surface area contributed by atoms with Gasteiger partial charge in [-0.05, 0) is 58.2 Å². The quantitative estimate of drug-likeness (QED) is 0.806. The van der Waals surface area contributed by atoms with Crippen LogP contribution in [-0.4, -0.2) is 50.2 Å². The molecule has 1 saturated carbocycles. The van der Waals surface area contributed by atoms with E-state index in [-0.39, 0.29) is 11.5 Å². The predicted octanol–water partition coefficient (Wildman–Crippen LogP) is 1.40. The summed E-state index contributed by atoms with van der Waals surface area (Å²) in [5.41, 5.74) is -0.142. The Kier molecular flexibility index (Phi) is 4.62. The largest absolute Gasteiger partial charge is 0.378 e. The standard InChI is InChI=1S/C14H26N2O2/c1-16-8-4-12(5-9-16)11-15-13(17)10-14(18-2)6-3-7-14/h12H,3-11H2,1-2H3,(H,15,17). The summed E-state index contributed by atoms with van der Waals surface area (Å²) in [6.45, 7) is 3.15. The first-order valence-corrected chi connectivity index (χ1v) is 7.14. The van der Waals surface area contributed by atoms with Gasteiger partial charge in [0.25, 0.3) is 0 Å². The Hall–Kier alpha value is -0.610. The summed E-state index contributed by atoms with van der Waals surface area (Å²) in [5, 5.41) is 3.09. The van der Waals surface area contributed by atoms with Crippen molar-refractivity contribution in [2.45, 2.75) is 44.1 Å². The van der Waals surface area contributed by atoms with Gasteiger partial charge < -0.3 is 15.0 Å². The van der Waals surface area contributed by atoms with E-state index in [4.69, 9.17) is 4.74 Å². The molecule has 2 fully saturated rings. The van der Waals surface area contributed by atoms with Gasteiger partial charge in [0.15, 0.2) is 0 Å². The monoisotopic (exact) mass is 254 g/mol. The lowest BCUT2D eigenvalue weighted by molar-refractivity contribution is -0.134. The first kappa shape index (κ1) is 13.8. The van der Waals surface area contributed by atoms with Gasteiger partial charge in [-0.2, -0.15) is 0 Å². The third-order valence-corrected chi connectivity index (χ3v) is 4.61. The molecule has 1 aliphatic carbocycles. The van der Waals surface area contributed by atoms with Crippen LogP contribution in [0.3, 0.4) is 0 Å². The average Bonchev–Trinajstić information content (AvgIpc) is 2.33. The fourth-order valence-corrected chi connectivity index (χ4v) is 2.90. The average molecular weight is 254 g/mol. The summed E-state index contributed by atoms with van der Waals surface area (Å²) in [5.74, 6) is 0.820. The van der Waals surface area contributed by atoms with Gasteiger partial charge in [0.05, 0.1) is 12.0 Å². The Balaban J connectivity index is 1.65. The van der Waals surface area contributed by atoms with E-state index in [2.05, 4.69) is 17.3 Å². The molecule has 1 amide bonds. The number of nitrogens with zero attached hydrogens (tertiary/aromatic N) is 1. The fraction of sp³-hybridized carbons (Fsp3) is 0.929. The molecule has 0 bridgehead atoms. The number of amides is 1. The highest BCUT2D eigenvalue weighted by atomic mass is 16.5. The van der Waals surface area contributed by atoms with E-state index in [1.807, 2.05) is 0 Å². The van der Waals surface area contributed by atoms with Crippen molar-refractivity contribution < 1.29 is 9.53 Å². The van der Waals surface area contributed by atoms with Crippen LogP contribution in [0.15, 0.2) is 0 Å². The summed E-state index contributed by atoms with van der Waals surface area (Å²) in [4.78, 5) is 14.3. The summed E-state index contributed by atoms with van der Waals surface area (Å²) < 4.78 is 5.48. The molecule has 0 atom stereocenters. The zero-order valence-corrected chi connectivity index (χ0v) is 11.7. The van der Waals surface area contributed by atoms with Crippen molar-refractivity contribution in [2.24, 2.45) is 5.92 Å². The number of rotatable bonds is 5. The lowest BCUT2D eigenvalue weighted by atomic mass is 9.77. The number of carbonyl (C=O) groups excluding carboxylic acids is 1. The van der Waals surface area contributed by atoms with Gasteiger partial charge in [-0.15, -0.1) is 0 Å². The minimum Gasteiger partial charge on any atom is -0.378 e. The zero-order valence-electron chi connectivity index (χ0n) is 11.7. The number of piperidine rings is 1. The molecule has 18 heavy (non-hydrogen) atoms. The topological polar surface area (TPSA) is 41.6 Å². The summed E-state index contributed by atoms with van der Waals surface area (Å²) >= 11 is 0. The van der Waals surface area contributed by atoms with Crippen LogP contribution in [0, 0.1) is 5.92 Å². The normalized spacial score (nSPS) is 24.6. The van der Waals surface area contributed by atoms with Crippen molar-refractivity contribution in [3.63, 3.8) is 0 Å². The Morgan fingerprint density at radius 3 is 2.56 bits per heavy atom. The zero-order chi connectivity index (χ0) is 13.0. The molecule has 2 rings (SSSR count). The maximum Gasteiger partial charge on any atom is 0.222 e. The van der Waals surface area contributed by atoms with Gasteiger partial charge in [-0.3, -0.25) is 4.79 Å². The molecule has 0 spiro atoms. The number of ether oxygens (including phenoxy) is 1. The van der Waals surface area contributed by atoms with E-state index < -0.39 is 0 Å². The minimum atomic E-state index is -0.142. The van der Waals surface area contributed by atoms with Gasteiger partial charge in [-0.1, -0.05) is 0 Å². The van der Waals surface area contributed by atoms with Crippen molar-refractivity contribution in [1.29, 1.82) is 0 Å². The van der Waals surface area contributed by atoms with Crippen LogP contribution in [0.1, 0.15) is 38.5 Å². The van der Waals surface area contributed by atoms with Gasteiger partial charge in [0.2, 0.25) is 5.91 Å². The van der Waals surface area contributed by atoms with Crippen molar-refractivity contribution in [1.82, 2.24) is 10.2 Å². The molecule has 0 unspecified atom stereocenters. The molecular formula is C14H26N2O2. The first-order valence-electron chi connectivity index (χ1n) is 7.14. The molecule has 0 aromatic heterocycles. The molecule has 1 heterocycles.